The zero-order valence-corrected chi connectivity index (χ0v) is 11.5. The van der Waals surface area contributed by atoms with Gasteiger partial charge in [0.2, 0.25) is 5.91 Å². The number of likely N-dealkylation sites (N-methyl/N-ethyl adjacent to an activating group) is 1. The zero-order valence-electron chi connectivity index (χ0n) is 11.5. The lowest BCUT2D eigenvalue weighted by molar-refractivity contribution is -0.116. The van der Waals surface area contributed by atoms with Crippen LogP contribution >= 0.6 is 0 Å². The number of hydrogen-bond acceptors (Lipinski definition) is 2. The quantitative estimate of drug-likeness (QED) is 0.886. The van der Waals surface area contributed by atoms with Crippen LogP contribution in [0.4, 0.5) is 5.69 Å². The van der Waals surface area contributed by atoms with Gasteiger partial charge >= 0.3 is 0 Å². The highest BCUT2D eigenvalue weighted by Gasteiger charge is 2.19. The molecule has 1 aromatic carbocycles. The summed E-state index contributed by atoms with van der Waals surface area (Å²) >= 11 is 0. The first-order valence-corrected chi connectivity index (χ1v) is 6.69. The molecule has 1 aromatic rings. The number of nitrogens with zero attached hydrogens (tertiary/aromatic N) is 1. The smallest absolute Gasteiger partial charge is 0.223 e. The molecule has 1 aliphatic heterocycles. The first-order valence-electron chi connectivity index (χ1n) is 6.69. The van der Waals surface area contributed by atoms with Crippen LogP contribution in [0.5, 0.6) is 0 Å². The maximum absolute atomic E-state index is 11.6. The molecular weight excluding hydrogens is 224 g/mol. The highest BCUT2D eigenvalue weighted by Crippen LogP contribution is 2.28. The Bertz CT molecular complexity index is 442. The van der Waals surface area contributed by atoms with Crippen molar-refractivity contribution in [2.45, 2.75) is 39.2 Å². The molecule has 18 heavy (non-hydrogen) atoms. The van der Waals surface area contributed by atoms with E-state index in [1.54, 1.807) is 6.92 Å². The number of carbonyl (C=O) groups excluding carboxylic acids is 1. The summed E-state index contributed by atoms with van der Waals surface area (Å²) in [4.78, 5) is 13.5. The molecule has 0 fully saturated rings. The lowest BCUT2D eigenvalue weighted by Crippen LogP contribution is -2.33. The van der Waals surface area contributed by atoms with Crippen LogP contribution in [0.1, 0.15) is 31.4 Å². The van der Waals surface area contributed by atoms with Gasteiger partial charge in [-0.15, -0.1) is 0 Å². The predicted octanol–water partition coefficient (Wildman–Crippen LogP) is 2.14. The first kappa shape index (κ1) is 13.1. The summed E-state index contributed by atoms with van der Waals surface area (Å²) in [5.74, 6) is 0.146. The van der Waals surface area contributed by atoms with E-state index in [4.69, 9.17) is 0 Å². The molecule has 0 saturated carbocycles. The Morgan fingerprint density at radius 1 is 1.50 bits per heavy atom. The lowest BCUT2D eigenvalue weighted by atomic mass is 9.97. The van der Waals surface area contributed by atoms with Gasteiger partial charge in [0.05, 0.1) is 0 Å². The molecule has 1 atom stereocenters. The minimum absolute atomic E-state index is 0.146. The Morgan fingerprint density at radius 3 is 2.94 bits per heavy atom. The van der Waals surface area contributed by atoms with Crippen molar-refractivity contribution in [2.24, 2.45) is 0 Å². The second kappa shape index (κ2) is 5.53. The highest BCUT2D eigenvalue weighted by atomic mass is 16.2. The van der Waals surface area contributed by atoms with E-state index in [2.05, 4.69) is 30.4 Å². The number of carbonyl (C=O) groups is 1. The van der Waals surface area contributed by atoms with Crippen molar-refractivity contribution in [1.29, 1.82) is 0 Å². The average molecular weight is 246 g/mol. The number of rotatable bonds is 3. The van der Waals surface area contributed by atoms with E-state index in [0.717, 1.165) is 31.5 Å². The van der Waals surface area contributed by atoms with Crippen molar-refractivity contribution in [3.63, 3.8) is 0 Å². The molecule has 1 heterocycles. The molecular formula is C15H22N2O. The Balaban J connectivity index is 2.24. The monoisotopic (exact) mass is 246 g/mol. The van der Waals surface area contributed by atoms with Gasteiger partial charge in [-0.2, -0.15) is 0 Å². The second-order valence-electron chi connectivity index (χ2n) is 5.13. The maximum atomic E-state index is 11.6. The van der Waals surface area contributed by atoms with Crippen molar-refractivity contribution >= 4 is 11.6 Å². The summed E-state index contributed by atoms with van der Waals surface area (Å²) in [6.45, 7) is 4.68. The summed E-state index contributed by atoms with van der Waals surface area (Å²) in [5, 5.41) is 3.26. The van der Waals surface area contributed by atoms with E-state index in [0.29, 0.717) is 6.04 Å². The fourth-order valence-electron chi connectivity index (χ4n) is 2.56. The topological polar surface area (TPSA) is 32.3 Å². The molecule has 0 aromatic heterocycles. The van der Waals surface area contributed by atoms with Gasteiger partial charge in [0.15, 0.2) is 0 Å². The van der Waals surface area contributed by atoms with E-state index in [1.165, 1.54) is 11.1 Å². The molecule has 1 unspecified atom stereocenters. The lowest BCUT2D eigenvalue weighted by Gasteiger charge is -2.29. The molecule has 0 aliphatic carbocycles. The maximum Gasteiger partial charge on any atom is 0.223 e. The molecule has 0 radical (unpaired) electrons. The Morgan fingerprint density at radius 2 is 2.28 bits per heavy atom. The highest BCUT2D eigenvalue weighted by molar-refractivity contribution is 5.92. The van der Waals surface area contributed by atoms with Gasteiger partial charge in [-0.3, -0.25) is 4.79 Å². The number of nitrogens with one attached hydrogen (secondary N) is 1. The first-order chi connectivity index (χ1) is 8.61. The van der Waals surface area contributed by atoms with E-state index >= 15 is 0 Å². The van der Waals surface area contributed by atoms with E-state index in [-0.39, 0.29) is 5.91 Å². The Hall–Kier alpha value is -1.35. The van der Waals surface area contributed by atoms with Crippen LogP contribution in [0.3, 0.4) is 0 Å². The molecule has 0 saturated heterocycles. The SMILES string of the molecule is CNC(C)Cc1ccc2c(c1)CCCN2C(C)=O. The summed E-state index contributed by atoms with van der Waals surface area (Å²) in [5.41, 5.74) is 3.77. The standard InChI is InChI=1S/C15H22N2O/c1-11(16-3)9-13-6-7-15-14(10-13)5-4-8-17(15)12(2)18/h6-7,10-11,16H,4-5,8-9H2,1-3H3. The predicted molar refractivity (Wildman–Crippen MR) is 75.0 cm³/mol. The van der Waals surface area contributed by atoms with E-state index in [9.17, 15) is 4.79 Å². The Labute approximate surface area is 109 Å². The van der Waals surface area contributed by atoms with Crippen LogP contribution in [-0.2, 0) is 17.6 Å². The number of aryl methyl sites for hydroxylation is 1. The van der Waals surface area contributed by atoms with Crippen LogP contribution in [0, 0.1) is 0 Å². The normalized spacial score (nSPS) is 16.3. The largest absolute Gasteiger partial charge is 0.317 e. The third kappa shape index (κ3) is 2.72. The van der Waals surface area contributed by atoms with Gasteiger partial charge in [0.25, 0.3) is 0 Å². The third-order valence-electron chi connectivity index (χ3n) is 3.68. The number of anilines is 1. The van der Waals surface area contributed by atoms with E-state index in [1.807, 2.05) is 11.9 Å². The summed E-state index contributed by atoms with van der Waals surface area (Å²) < 4.78 is 0. The van der Waals surface area contributed by atoms with Gasteiger partial charge < -0.3 is 10.2 Å². The molecule has 0 bridgehead atoms. The molecule has 0 spiro atoms. The number of benzene rings is 1. The molecule has 1 amide bonds. The second-order valence-corrected chi connectivity index (χ2v) is 5.13. The van der Waals surface area contributed by atoms with Crippen LogP contribution in [-0.4, -0.2) is 25.5 Å². The van der Waals surface area contributed by atoms with Crippen LogP contribution in [0.15, 0.2) is 18.2 Å². The third-order valence-corrected chi connectivity index (χ3v) is 3.68. The molecule has 98 valence electrons. The molecule has 2 rings (SSSR count). The van der Waals surface area contributed by atoms with Gasteiger partial charge in [-0.05, 0) is 50.4 Å². The fourth-order valence-corrected chi connectivity index (χ4v) is 2.56. The summed E-state index contributed by atoms with van der Waals surface area (Å²) in [6.07, 6.45) is 3.18. The van der Waals surface area contributed by atoms with Crippen LogP contribution < -0.4 is 10.2 Å². The van der Waals surface area contributed by atoms with Gasteiger partial charge in [0, 0.05) is 25.2 Å². The number of fused-ring (bicyclic) bond motifs is 1. The van der Waals surface area contributed by atoms with Crippen molar-refractivity contribution < 1.29 is 4.79 Å². The molecule has 3 heteroatoms. The van der Waals surface area contributed by atoms with Gasteiger partial charge in [-0.25, -0.2) is 0 Å². The summed E-state index contributed by atoms with van der Waals surface area (Å²) in [6, 6.07) is 7.00. The van der Waals surface area contributed by atoms with Crippen molar-refractivity contribution in [3.05, 3.63) is 29.3 Å². The number of amides is 1. The Kier molecular flexibility index (Phi) is 4.02. The van der Waals surface area contributed by atoms with Crippen LogP contribution in [0.2, 0.25) is 0 Å². The van der Waals surface area contributed by atoms with Gasteiger partial charge in [-0.1, -0.05) is 12.1 Å². The van der Waals surface area contributed by atoms with Crippen LogP contribution in [0.25, 0.3) is 0 Å². The van der Waals surface area contributed by atoms with Crippen molar-refractivity contribution in [1.82, 2.24) is 5.32 Å². The minimum Gasteiger partial charge on any atom is -0.317 e. The minimum atomic E-state index is 0.146. The number of hydrogen-bond donors (Lipinski definition) is 1. The van der Waals surface area contributed by atoms with Gasteiger partial charge in [0.1, 0.15) is 0 Å². The summed E-state index contributed by atoms with van der Waals surface area (Å²) in [7, 11) is 1.99. The van der Waals surface area contributed by atoms with Crippen molar-refractivity contribution in [3.8, 4) is 0 Å². The average Bonchev–Trinajstić information content (AvgIpc) is 2.37. The molecule has 1 N–H and O–H groups in total. The fraction of sp³-hybridized carbons (Fsp3) is 0.533. The molecule has 1 aliphatic rings. The van der Waals surface area contributed by atoms with Crippen molar-refractivity contribution in [2.75, 3.05) is 18.5 Å². The molecule has 3 nitrogen and oxygen atoms in total. The van der Waals surface area contributed by atoms with E-state index < -0.39 is 0 Å². The zero-order chi connectivity index (χ0) is 13.1.